The molecule has 0 saturated heterocycles. The van der Waals surface area contributed by atoms with Crippen LogP contribution in [0.2, 0.25) is 0 Å². The largest absolute Gasteiger partial charge is 1.00 e. The van der Waals surface area contributed by atoms with Crippen molar-refractivity contribution in [2.45, 2.75) is 96.8 Å². The van der Waals surface area contributed by atoms with Crippen LogP contribution in [0.5, 0.6) is 0 Å². The monoisotopic (exact) mass is 371 g/mol. The summed E-state index contributed by atoms with van der Waals surface area (Å²) in [4.78, 5) is 0. The van der Waals surface area contributed by atoms with Gasteiger partial charge in [-0.15, -0.1) is 0 Å². The first-order valence-corrected chi connectivity index (χ1v) is 10.7. The maximum atomic E-state index is 10.3. The molecule has 0 aliphatic rings. The Balaban J connectivity index is 0. The smallest absolute Gasteiger partial charge is 0.264 e. The number of unbranched alkanes of at least 4 members (excludes halogenated alkanes) is 12. The molecule has 4 nitrogen and oxygen atoms in total. The number of hydrogen-bond donors (Lipinski definition) is 1. The van der Waals surface area contributed by atoms with Gasteiger partial charge in [0, 0.05) is 0 Å². The maximum absolute atomic E-state index is 10.3. The van der Waals surface area contributed by atoms with Crippen LogP contribution < -0.4 is 29.6 Å². The van der Waals surface area contributed by atoms with Gasteiger partial charge in [0.25, 0.3) is 0 Å². The third-order valence-corrected chi connectivity index (χ3v) is 4.35. The van der Waals surface area contributed by atoms with Crippen LogP contribution in [0, 0.1) is 0 Å². The fraction of sp³-hybridized carbons (Fsp3) is 0.889. The Labute approximate surface area is 172 Å². The molecule has 0 rings (SSSR count). The zero-order chi connectivity index (χ0) is 17.2. The van der Waals surface area contributed by atoms with Gasteiger partial charge in [-0.3, -0.25) is 4.55 Å². The molecule has 0 aliphatic heterocycles. The van der Waals surface area contributed by atoms with Crippen LogP contribution in [0.1, 0.15) is 96.8 Å². The van der Waals surface area contributed by atoms with E-state index in [1.165, 1.54) is 70.6 Å². The van der Waals surface area contributed by atoms with E-state index in [2.05, 4.69) is 23.3 Å². The molecule has 0 saturated carbocycles. The minimum Gasteiger partial charge on any atom is -0.264 e. The molecule has 0 amide bonds. The van der Waals surface area contributed by atoms with Crippen LogP contribution in [0.25, 0.3) is 0 Å². The van der Waals surface area contributed by atoms with Gasteiger partial charge in [-0.2, -0.15) is 8.42 Å². The third-order valence-electron chi connectivity index (χ3n) is 3.89. The van der Waals surface area contributed by atoms with E-state index < -0.39 is 10.4 Å². The summed E-state index contributed by atoms with van der Waals surface area (Å²) in [7, 11) is -4.25. The van der Waals surface area contributed by atoms with Gasteiger partial charge in [0.2, 0.25) is 0 Å². The number of rotatable bonds is 17. The Hall–Kier alpha value is 0.610. The standard InChI is InChI=1S/C18H36O4S.Na/c1-2-3-4-5-6-7-8-9-10-11-12-13-14-15-16-17-18-22-23(19,20)21;/h9-10H,2-8,11-18H2,1H3,(H,19,20,21);/q;+1/b10-9+;. The molecule has 0 aliphatic carbocycles. The molecule has 0 heterocycles. The molecule has 0 fully saturated rings. The predicted molar refractivity (Wildman–Crippen MR) is 97.0 cm³/mol. The van der Waals surface area contributed by atoms with Gasteiger partial charge in [0.05, 0.1) is 6.61 Å². The zero-order valence-electron chi connectivity index (χ0n) is 15.8. The molecule has 0 aromatic heterocycles. The predicted octanol–water partition coefficient (Wildman–Crippen LogP) is 2.85. The molecule has 0 spiro atoms. The fourth-order valence-corrected chi connectivity index (χ4v) is 2.84. The summed E-state index contributed by atoms with van der Waals surface area (Å²) in [5.41, 5.74) is 0. The Bertz CT molecular complexity index is 369. The molecule has 0 bridgehead atoms. The topological polar surface area (TPSA) is 63.6 Å². The molecular formula is C18H36NaO4S+. The van der Waals surface area contributed by atoms with Gasteiger partial charge in [-0.05, 0) is 32.1 Å². The molecule has 138 valence electrons. The summed E-state index contributed by atoms with van der Waals surface area (Å²) in [5.74, 6) is 0. The van der Waals surface area contributed by atoms with E-state index in [1.54, 1.807) is 0 Å². The van der Waals surface area contributed by atoms with Crippen LogP contribution in [-0.4, -0.2) is 19.6 Å². The summed E-state index contributed by atoms with van der Waals surface area (Å²) in [5, 5.41) is 0. The van der Waals surface area contributed by atoms with Crippen molar-refractivity contribution in [2.24, 2.45) is 0 Å². The second-order valence-electron chi connectivity index (χ2n) is 6.19. The zero-order valence-corrected chi connectivity index (χ0v) is 18.7. The first kappa shape index (κ1) is 26.8. The van der Waals surface area contributed by atoms with Crippen LogP contribution >= 0.6 is 0 Å². The van der Waals surface area contributed by atoms with Crippen LogP contribution in [0.4, 0.5) is 0 Å². The van der Waals surface area contributed by atoms with Crippen molar-refractivity contribution >= 4 is 10.4 Å². The first-order chi connectivity index (χ1) is 11.1. The molecule has 0 atom stereocenters. The van der Waals surface area contributed by atoms with Gasteiger partial charge in [-0.1, -0.05) is 76.9 Å². The summed E-state index contributed by atoms with van der Waals surface area (Å²) >= 11 is 0. The molecular weight excluding hydrogens is 335 g/mol. The van der Waals surface area contributed by atoms with Crippen molar-refractivity contribution in [3.63, 3.8) is 0 Å². The van der Waals surface area contributed by atoms with Crippen molar-refractivity contribution in [3.05, 3.63) is 12.2 Å². The van der Waals surface area contributed by atoms with Gasteiger partial charge < -0.3 is 0 Å². The molecule has 0 aromatic rings. The first-order valence-electron chi connectivity index (χ1n) is 9.33. The average Bonchev–Trinajstić information content (AvgIpc) is 2.49. The molecule has 24 heavy (non-hydrogen) atoms. The number of hydrogen-bond acceptors (Lipinski definition) is 3. The Morgan fingerprint density at radius 1 is 0.750 bits per heavy atom. The van der Waals surface area contributed by atoms with Crippen LogP contribution in [-0.2, 0) is 14.6 Å². The van der Waals surface area contributed by atoms with Crippen molar-refractivity contribution < 1.29 is 46.7 Å². The fourth-order valence-electron chi connectivity index (χ4n) is 2.51. The summed E-state index contributed by atoms with van der Waals surface area (Å²) in [6, 6.07) is 0. The van der Waals surface area contributed by atoms with E-state index in [9.17, 15) is 8.42 Å². The normalized spacial score (nSPS) is 11.8. The van der Waals surface area contributed by atoms with Crippen molar-refractivity contribution in [1.29, 1.82) is 0 Å². The summed E-state index contributed by atoms with van der Waals surface area (Å²) in [6.07, 6.45) is 21.5. The Morgan fingerprint density at radius 2 is 1.17 bits per heavy atom. The van der Waals surface area contributed by atoms with Gasteiger partial charge in [0.15, 0.2) is 0 Å². The molecule has 0 unspecified atom stereocenters. The second kappa shape index (κ2) is 19.9. The van der Waals surface area contributed by atoms with E-state index in [0.717, 1.165) is 12.8 Å². The minimum absolute atomic E-state index is 0. The van der Waals surface area contributed by atoms with E-state index in [4.69, 9.17) is 4.55 Å². The molecule has 6 heteroatoms. The van der Waals surface area contributed by atoms with Gasteiger partial charge in [-0.25, -0.2) is 4.18 Å². The van der Waals surface area contributed by atoms with Crippen molar-refractivity contribution in [1.82, 2.24) is 0 Å². The maximum Gasteiger partial charge on any atom is 1.00 e. The van der Waals surface area contributed by atoms with E-state index in [-0.39, 0.29) is 36.2 Å². The summed E-state index contributed by atoms with van der Waals surface area (Å²) < 4.78 is 33.3. The van der Waals surface area contributed by atoms with Gasteiger partial charge >= 0.3 is 40.0 Å². The minimum atomic E-state index is -4.25. The van der Waals surface area contributed by atoms with Crippen LogP contribution in [0.15, 0.2) is 12.2 Å². The SMILES string of the molecule is CCCCCCCC/C=C/CCCCCCCCOS(=O)(=O)O.[Na+]. The van der Waals surface area contributed by atoms with Crippen LogP contribution in [0.3, 0.4) is 0 Å². The van der Waals surface area contributed by atoms with E-state index in [1.807, 2.05) is 0 Å². The Kier molecular flexibility index (Phi) is 22.3. The van der Waals surface area contributed by atoms with Crippen molar-refractivity contribution in [2.75, 3.05) is 6.61 Å². The Morgan fingerprint density at radius 3 is 1.62 bits per heavy atom. The quantitative estimate of drug-likeness (QED) is 0.185. The van der Waals surface area contributed by atoms with E-state index >= 15 is 0 Å². The second-order valence-corrected chi connectivity index (χ2v) is 7.28. The number of allylic oxidation sites excluding steroid dienone is 2. The molecule has 0 radical (unpaired) electrons. The van der Waals surface area contributed by atoms with Crippen molar-refractivity contribution in [3.8, 4) is 0 Å². The van der Waals surface area contributed by atoms with Gasteiger partial charge in [0.1, 0.15) is 0 Å². The average molecular weight is 372 g/mol. The molecule has 0 aromatic carbocycles. The third kappa shape index (κ3) is 24.9. The summed E-state index contributed by atoms with van der Waals surface area (Å²) in [6.45, 7) is 2.33. The molecule has 1 N–H and O–H groups in total. The van der Waals surface area contributed by atoms with E-state index in [0.29, 0.717) is 6.42 Å².